The highest BCUT2D eigenvalue weighted by Gasteiger charge is 2.12. The van der Waals surface area contributed by atoms with Crippen LogP contribution in [-0.4, -0.2) is 38.2 Å². The molecule has 0 fully saturated rings. The SMILES string of the molecule is COc1cc(NC(=S)N(CCCn2ccnc2)Cc2ccncc2)ccc1Cl. The molecule has 0 amide bonds. The van der Waals surface area contributed by atoms with Crippen molar-refractivity contribution >= 4 is 34.6 Å². The number of thiocarbonyl (C=S) groups is 1. The van der Waals surface area contributed by atoms with E-state index in [2.05, 4.69) is 24.8 Å². The predicted molar refractivity (Wildman–Crippen MR) is 116 cm³/mol. The summed E-state index contributed by atoms with van der Waals surface area (Å²) in [7, 11) is 1.59. The first-order valence-corrected chi connectivity index (χ1v) is 9.68. The van der Waals surface area contributed by atoms with Gasteiger partial charge in [-0.15, -0.1) is 0 Å². The zero-order chi connectivity index (χ0) is 19.8. The molecule has 3 rings (SSSR count). The lowest BCUT2D eigenvalue weighted by Crippen LogP contribution is -2.35. The quantitative estimate of drug-likeness (QED) is 0.555. The number of nitrogens with zero attached hydrogens (tertiary/aromatic N) is 4. The van der Waals surface area contributed by atoms with Crippen LogP contribution in [0.2, 0.25) is 5.02 Å². The molecule has 3 aromatic rings. The van der Waals surface area contributed by atoms with Gasteiger partial charge in [-0.1, -0.05) is 11.6 Å². The second-order valence-electron chi connectivity index (χ2n) is 6.21. The van der Waals surface area contributed by atoms with Crippen molar-refractivity contribution in [2.75, 3.05) is 19.0 Å². The van der Waals surface area contributed by atoms with Gasteiger partial charge in [0.1, 0.15) is 5.75 Å². The molecule has 0 aliphatic carbocycles. The first kappa shape index (κ1) is 20.1. The standard InChI is InChI=1S/C20H22ClN5OS/c1-27-19-13-17(3-4-18(19)21)24-20(28)26(14-16-5-7-22-8-6-16)11-2-10-25-12-9-23-15-25/h3-9,12-13,15H,2,10-11,14H2,1H3,(H,24,28). The second kappa shape index (κ2) is 10.1. The molecule has 2 aromatic heterocycles. The van der Waals surface area contributed by atoms with Crippen LogP contribution in [0.1, 0.15) is 12.0 Å². The van der Waals surface area contributed by atoms with Crippen molar-refractivity contribution < 1.29 is 4.74 Å². The highest BCUT2D eigenvalue weighted by molar-refractivity contribution is 7.80. The minimum atomic E-state index is 0.563. The van der Waals surface area contributed by atoms with Crippen molar-refractivity contribution in [1.82, 2.24) is 19.4 Å². The number of halogens is 1. The smallest absolute Gasteiger partial charge is 0.173 e. The lowest BCUT2D eigenvalue weighted by atomic mass is 10.2. The Balaban J connectivity index is 1.68. The fraction of sp³-hybridized carbons (Fsp3) is 0.250. The maximum Gasteiger partial charge on any atom is 0.173 e. The van der Waals surface area contributed by atoms with Crippen molar-refractivity contribution in [3.8, 4) is 5.75 Å². The first-order valence-electron chi connectivity index (χ1n) is 8.90. The van der Waals surface area contributed by atoms with Crippen molar-refractivity contribution in [2.45, 2.75) is 19.5 Å². The predicted octanol–water partition coefficient (Wildman–Crippen LogP) is 4.23. The maximum absolute atomic E-state index is 6.11. The number of ether oxygens (including phenoxy) is 1. The zero-order valence-corrected chi connectivity index (χ0v) is 17.2. The van der Waals surface area contributed by atoms with Gasteiger partial charge in [-0.25, -0.2) is 4.98 Å². The van der Waals surface area contributed by atoms with E-state index < -0.39 is 0 Å². The van der Waals surface area contributed by atoms with Crippen LogP contribution in [0.4, 0.5) is 5.69 Å². The van der Waals surface area contributed by atoms with E-state index in [4.69, 9.17) is 28.6 Å². The van der Waals surface area contributed by atoms with Crippen LogP contribution in [0, 0.1) is 0 Å². The Bertz CT molecular complexity index is 889. The van der Waals surface area contributed by atoms with E-state index >= 15 is 0 Å². The molecule has 1 N–H and O–H groups in total. The van der Waals surface area contributed by atoms with Crippen LogP contribution in [0.25, 0.3) is 0 Å². The Kier molecular flexibility index (Phi) is 7.22. The number of hydrogen-bond acceptors (Lipinski definition) is 4. The molecular formula is C20H22ClN5OS. The number of nitrogens with one attached hydrogen (secondary N) is 1. The summed E-state index contributed by atoms with van der Waals surface area (Å²) in [6.07, 6.45) is 10.1. The van der Waals surface area contributed by atoms with E-state index in [1.165, 1.54) is 0 Å². The number of methoxy groups -OCH3 is 1. The largest absolute Gasteiger partial charge is 0.495 e. The number of hydrogen-bond donors (Lipinski definition) is 1. The molecule has 28 heavy (non-hydrogen) atoms. The van der Waals surface area contributed by atoms with Crippen LogP contribution in [0.3, 0.4) is 0 Å². The monoisotopic (exact) mass is 415 g/mol. The molecule has 2 heterocycles. The maximum atomic E-state index is 6.11. The van der Waals surface area contributed by atoms with Crippen LogP contribution < -0.4 is 10.1 Å². The Morgan fingerprint density at radius 3 is 2.75 bits per heavy atom. The molecule has 0 aliphatic rings. The highest BCUT2D eigenvalue weighted by atomic mass is 35.5. The molecule has 0 aliphatic heterocycles. The normalized spacial score (nSPS) is 10.5. The van der Waals surface area contributed by atoms with Gasteiger partial charge in [-0.3, -0.25) is 4.98 Å². The van der Waals surface area contributed by atoms with Gasteiger partial charge in [-0.2, -0.15) is 0 Å². The Morgan fingerprint density at radius 1 is 1.21 bits per heavy atom. The summed E-state index contributed by atoms with van der Waals surface area (Å²) >= 11 is 11.8. The molecule has 0 saturated heterocycles. The van der Waals surface area contributed by atoms with E-state index in [9.17, 15) is 0 Å². The van der Waals surface area contributed by atoms with Crippen molar-refractivity contribution in [3.63, 3.8) is 0 Å². The number of pyridine rings is 1. The van der Waals surface area contributed by atoms with Crippen LogP contribution >= 0.6 is 23.8 Å². The Hall–Kier alpha value is -2.64. The molecule has 0 radical (unpaired) electrons. The topological polar surface area (TPSA) is 55.2 Å². The molecule has 8 heteroatoms. The third-order valence-corrected chi connectivity index (χ3v) is 4.89. The molecule has 0 saturated carbocycles. The lowest BCUT2D eigenvalue weighted by Gasteiger charge is -2.26. The third-order valence-electron chi connectivity index (χ3n) is 4.22. The van der Waals surface area contributed by atoms with Gasteiger partial charge in [0, 0.05) is 56.2 Å². The van der Waals surface area contributed by atoms with Crippen LogP contribution in [0.15, 0.2) is 61.4 Å². The minimum Gasteiger partial charge on any atom is -0.495 e. The summed E-state index contributed by atoms with van der Waals surface area (Å²) in [5.74, 6) is 0.607. The summed E-state index contributed by atoms with van der Waals surface area (Å²) in [5.41, 5.74) is 1.98. The van der Waals surface area contributed by atoms with Gasteiger partial charge in [0.05, 0.1) is 18.5 Å². The molecule has 0 bridgehead atoms. The Labute approximate surface area is 175 Å². The molecule has 1 aromatic carbocycles. The van der Waals surface area contributed by atoms with E-state index in [1.807, 2.05) is 36.8 Å². The zero-order valence-electron chi connectivity index (χ0n) is 15.6. The van der Waals surface area contributed by atoms with Gasteiger partial charge in [0.25, 0.3) is 0 Å². The Morgan fingerprint density at radius 2 is 2.04 bits per heavy atom. The number of anilines is 1. The summed E-state index contributed by atoms with van der Waals surface area (Å²) < 4.78 is 7.35. The van der Waals surface area contributed by atoms with Gasteiger partial charge in [0.15, 0.2) is 5.11 Å². The lowest BCUT2D eigenvalue weighted by molar-refractivity contribution is 0.395. The first-order chi connectivity index (χ1) is 13.7. The van der Waals surface area contributed by atoms with Gasteiger partial charge in [-0.05, 0) is 48.5 Å². The molecule has 6 nitrogen and oxygen atoms in total. The van der Waals surface area contributed by atoms with E-state index in [0.717, 1.165) is 30.8 Å². The molecule has 0 atom stereocenters. The summed E-state index contributed by atoms with van der Waals surface area (Å²) in [6, 6.07) is 9.50. The average Bonchev–Trinajstić information content (AvgIpc) is 3.23. The average molecular weight is 416 g/mol. The molecule has 146 valence electrons. The minimum absolute atomic E-state index is 0.563. The van der Waals surface area contributed by atoms with Gasteiger partial charge in [0.2, 0.25) is 0 Å². The van der Waals surface area contributed by atoms with Crippen molar-refractivity contribution in [3.05, 3.63) is 72.0 Å². The van der Waals surface area contributed by atoms with E-state index in [0.29, 0.717) is 22.4 Å². The number of aromatic nitrogens is 3. The fourth-order valence-electron chi connectivity index (χ4n) is 2.76. The van der Waals surface area contributed by atoms with E-state index in [1.54, 1.807) is 31.8 Å². The fourth-order valence-corrected chi connectivity index (χ4v) is 3.23. The highest BCUT2D eigenvalue weighted by Crippen LogP contribution is 2.27. The molecular weight excluding hydrogens is 394 g/mol. The number of aryl methyl sites for hydroxylation is 1. The number of rotatable bonds is 8. The van der Waals surface area contributed by atoms with Crippen LogP contribution in [0.5, 0.6) is 5.75 Å². The van der Waals surface area contributed by atoms with Gasteiger partial charge < -0.3 is 19.5 Å². The number of benzene rings is 1. The third kappa shape index (κ3) is 5.68. The van der Waals surface area contributed by atoms with Crippen LogP contribution in [-0.2, 0) is 13.1 Å². The van der Waals surface area contributed by atoms with E-state index in [-0.39, 0.29) is 0 Å². The number of imidazole rings is 1. The molecule has 0 unspecified atom stereocenters. The van der Waals surface area contributed by atoms with Crippen molar-refractivity contribution in [2.24, 2.45) is 0 Å². The molecule has 0 spiro atoms. The second-order valence-corrected chi connectivity index (χ2v) is 7.00. The van der Waals surface area contributed by atoms with Gasteiger partial charge >= 0.3 is 0 Å². The summed E-state index contributed by atoms with van der Waals surface area (Å²) in [5, 5.41) is 4.50. The van der Waals surface area contributed by atoms with Crippen molar-refractivity contribution in [1.29, 1.82) is 0 Å². The summed E-state index contributed by atoms with van der Waals surface area (Å²) in [4.78, 5) is 10.3. The summed E-state index contributed by atoms with van der Waals surface area (Å²) in [6.45, 7) is 2.38.